The second kappa shape index (κ2) is 8.16. The Morgan fingerprint density at radius 2 is 1.94 bits per heavy atom. The fraction of sp³-hybridized carbons (Fsp3) is 0.308. The van der Waals surface area contributed by atoms with Gasteiger partial charge in [0.15, 0.2) is 0 Å². The number of carbonyl (C=O) groups excluding carboxylic acids is 1. The van der Waals surface area contributed by atoms with Crippen LogP contribution < -0.4 is 10.1 Å². The number of amides is 1. The average molecular weight is 414 g/mol. The van der Waals surface area contributed by atoms with Gasteiger partial charge in [-0.05, 0) is 66.9 Å². The molecule has 5 heteroatoms. The molecular formula is C26H27N3O2. The molecule has 3 heterocycles. The summed E-state index contributed by atoms with van der Waals surface area (Å²) in [6.07, 6.45) is 3.32. The third-order valence-corrected chi connectivity index (χ3v) is 6.37. The van der Waals surface area contributed by atoms with E-state index in [1.54, 1.807) is 0 Å². The first kappa shape index (κ1) is 19.8. The fourth-order valence-corrected chi connectivity index (χ4v) is 4.65. The summed E-state index contributed by atoms with van der Waals surface area (Å²) in [6, 6.07) is 18.5. The normalized spacial score (nSPS) is 19.9. The van der Waals surface area contributed by atoms with Crippen LogP contribution in [0.4, 0.5) is 0 Å². The van der Waals surface area contributed by atoms with Crippen LogP contribution in [0, 0.1) is 6.92 Å². The largest absolute Gasteiger partial charge is 0.488 e. The van der Waals surface area contributed by atoms with Gasteiger partial charge in [0.05, 0.1) is 18.3 Å². The summed E-state index contributed by atoms with van der Waals surface area (Å²) in [5.41, 5.74) is 7.01. The minimum atomic E-state index is -0.141. The highest BCUT2D eigenvalue weighted by molar-refractivity contribution is 5.82. The molecule has 158 valence electrons. The standard InChI is InChI=1S/C26H27N3O2/c1-17-6-5-11-27-25(17)19-9-10-24-21(12-19)13-22(31-24)15-28-26(30)23-14-18-7-3-4-8-20(18)16-29(23)2/h3-12,22-23H,13-16H2,1-2H3,(H,28,30). The molecule has 2 aliphatic heterocycles. The number of hydrogen-bond acceptors (Lipinski definition) is 4. The summed E-state index contributed by atoms with van der Waals surface area (Å²) in [5.74, 6) is 0.974. The zero-order chi connectivity index (χ0) is 21.4. The first-order valence-corrected chi connectivity index (χ1v) is 10.8. The Balaban J connectivity index is 1.22. The second-order valence-corrected chi connectivity index (χ2v) is 8.58. The molecule has 5 rings (SSSR count). The maximum Gasteiger partial charge on any atom is 0.237 e. The van der Waals surface area contributed by atoms with E-state index < -0.39 is 0 Å². The van der Waals surface area contributed by atoms with Gasteiger partial charge in [-0.3, -0.25) is 14.7 Å². The number of pyridine rings is 1. The molecule has 3 aromatic rings. The monoisotopic (exact) mass is 413 g/mol. The quantitative estimate of drug-likeness (QED) is 0.711. The first-order valence-electron chi connectivity index (χ1n) is 10.8. The number of ether oxygens (including phenoxy) is 1. The number of carbonyl (C=O) groups is 1. The SMILES string of the molecule is Cc1cccnc1-c1ccc2c(c1)CC(CNC(=O)C1Cc3ccccc3CN1C)O2. The lowest BCUT2D eigenvalue weighted by Gasteiger charge is -2.33. The van der Waals surface area contributed by atoms with Gasteiger partial charge in [0.2, 0.25) is 5.91 Å². The number of nitrogens with one attached hydrogen (secondary N) is 1. The van der Waals surface area contributed by atoms with Crippen molar-refractivity contribution >= 4 is 5.91 Å². The van der Waals surface area contributed by atoms with Crippen LogP contribution in [0.5, 0.6) is 5.75 Å². The topological polar surface area (TPSA) is 54.5 Å². The lowest BCUT2D eigenvalue weighted by atomic mass is 9.94. The van der Waals surface area contributed by atoms with Crippen LogP contribution in [0.1, 0.15) is 22.3 Å². The first-order chi connectivity index (χ1) is 15.1. The number of nitrogens with zero attached hydrogens (tertiary/aromatic N) is 2. The van der Waals surface area contributed by atoms with Gasteiger partial charge in [-0.1, -0.05) is 30.3 Å². The molecule has 2 unspecified atom stereocenters. The Kier molecular flexibility index (Phi) is 5.20. The Morgan fingerprint density at radius 1 is 1.10 bits per heavy atom. The smallest absolute Gasteiger partial charge is 0.237 e. The second-order valence-electron chi connectivity index (χ2n) is 8.58. The van der Waals surface area contributed by atoms with Crippen molar-refractivity contribution in [2.24, 2.45) is 0 Å². The molecule has 2 aliphatic rings. The fourth-order valence-electron chi connectivity index (χ4n) is 4.65. The Bertz CT molecular complexity index is 1130. The van der Waals surface area contributed by atoms with Crippen LogP contribution in [0.15, 0.2) is 60.8 Å². The van der Waals surface area contributed by atoms with Crippen LogP contribution in [0.2, 0.25) is 0 Å². The third-order valence-electron chi connectivity index (χ3n) is 6.37. The molecule has 1 aromatic heterocycles. The lowest BCUT2D eigenvalue weighted by molar-refractivity contribution is -0.126. The van der Waals surface area contributed by atoms with E-state index in [1.807, 2.05) is 31.4 Å². The highest BCUT2D eigenvalue weighted by Crippen LogP contribution is 2.33. The summed E-state index contributed by atoms with van der Waals surface area (Å²) in [6.45, 7) is 3.39. The Morgan fingerprint density at radius 3 is 2.77 bits per heavy atom. The molecule has 0 radical (unpaired) electrons. The van der Waals surface area contributed by atoms with Crippen molar-refractivity contribution in [2.45, 2.75) is 38.5 Å². The molecule has 2 aromatic carbocycles. The van der Waals surface area contributed by atoms with Crippen molar-refractivity contribution in [1.29, 1.82) is 0 Å². The van der Waals surface area contributed by atoms with Gasteiger partial charge in [0.25, 0.3) is 0 Å². The number of aryl methyl sites for hydroxylation is 1. The molecule has 0 aliphatic carbocycles. The molecule has 1 amide bonds. The molecule has 0 saturated heterocycles. The van der Waals surface area contributed by atoms with Crippen LogP contribution in [0.3, 0.4) is 0 Å². The van der Waals surface area contributed by atoms with Gasteiger partial charge in [0.1, 0.15) is 11.9 Å². The van der Waals surface area contributed by atoms with Crippen LogP contribution in [0.25, 0.3) is 11.3 Å². The van der Waals surface area contributed by atoms with E-state index in [4.69, 9.17) is 4.74 Å². The number of fused-ring (bicyclic) bond motifs is 2. The number of rotatable bonds is 4. The lowest BCUT2D eigenvalue weighted by Crippen LogP contribution is -2.50. The van der Waals surface area contributed by atoms with Gasteiger partial charge in [-0.2, -0.15) is 0 Å². The van der Waals surface area contributed by atoms with E-state index in [0.717, 1.165) is 42.0 Å². The zero-order valence-corrected chi connectivity index (χ0v) is 18.0. The van der Waals surface area contributed by atoms with Crippen molar-refractivity contribution < 1.29 is 9.53 Å². The predicted octanol–water partition coefficient (Wildman–Crippen LogP) is 3.53. The Labute approximate surface area is 183 Å². The molecule has 5 nitrogen and oxygen atoms in total. The summed E-state index contributed by atoms with van der Waals surface area (Å²) in [7, 11) is 2.02. The van der Waals surface area contributed by atoms with Gasteiger partial charge in [-0.25, -0.2) is 0 Å². The summed E-state index contributed by atoms with van der Waals surface area (Å²) < 4.78 is 6.10. The van der Waals surface area contributed by atoms with E-state index in [9.17, 15) is 4.79 Å². The molecule has 0 bridgehead atoms. The van der Waals surface area contributed by atoms with E-state index >= 15 is 0 Å². The molecule has 0 fully saturated rings. The minimum absolute atomic E-state index is 0.0415. The van der Waals surface area contributed by atoms with Crippen LogP contribution in [-0.4, -0.2) is 41.5 Å². The molecule has 0 saturated carbocycles. The van der Waals surface area contributed by atoms with Gasteiger partial charge in [-0.15, -0.1) is 0 Å². The van der Waals surface area contributed by atoms with Crippen LogP contribution in [-0.2, 0) is 24.2 Å². The molecule has 0 spiro atoms. The molecular weight excluding hydrogens is 386 g/mol. The number of likely N-dealkylation sites (N-methyl/N-ethyl adjacent to an activating group) is 1. The summed E-state index contributed by atoms with van der Waals surface area (Å²) in [4.78, 5) is 19.6. The van der Waals surface area contributed by atoms with E-state index in [1.165, 1.54) is 16.7 Å². The van der Waals surface area contributed by atoms with Gasteiger partial charge < -0.3 is 10.1 Å². The number of aromatic nitrogens is 1. The number of benzene rings is 2. The highest BCUT2D eigenvalue weighted by Gasteiger charge is 2.30. The van der Waals surface area contributed by atoms with E-state index in [0.29, 0.717) is 6.54 Å². The molecule has 2 atom stereocenters. The molecule has 1 N–H and O–H groups in total. The summed E-state index contributed by atoms with van der Waals surface area (Å²) >= 11 is 0. The van der Waals surface area contributed by atoms with Crippen molar-refractivity contribution in [3.05, 3.63) is 83.0 Å². The highest BCUT2D eigenvalue weighted by atomic mass is 16.5. The number of hydrogen-bond donors (Lipinski definition) is 1. The van der Waals surface area contributed by atoms with Crippen molar-refractivity contribution in [1.82, 2.24) is 15.2 Å². The molecule has 31 heavy (non-hydrogen) atoms. The maximum absolute atomic E-state index is 12.9. The van der Waals surface area contributed by atoms with E-state index in [-0.39, 0.29) is 18.1 Å². The van der Waals surface area contributed by atoms with Crippen molar-refractivity contribution in [3.63, 3.8) is 0 Å². The van der Waals surface area contributed by atoms with Gasteiger partial charge >= 0.3 is 0 Å². The van der Waals surface area contributed by atoms with Crippen molar-refractivity contribution in [2.75, 3.05) is 13.6 Å². The van der Waals surface area contributed by atoms with Gasteiger partial charge in [0, 0.05) is 24.7 Å². The average Bonchev–Trinajstić information content (AvgIpc) is 3.19. The van der Waals surface area contributed by atoms with Crippen molar-refractivity contribution in [3.8, 4) is 17.0 Å². The Hall–Kier alpha value is -3.18. The third kappa shape index (κ3) is 3.93. The summed E-state index contributed by atoms with van der Waals surface area (Å²) in [5, 5.41) is 3.13. The predicted molar refractivity (Wildman–Crippen MR) is 121 cm³/mol. The minimum Gasteiger partial charge on any atom is -0.488 e. The maximum atomic E-state index is 12.9. The van der Waals surface area contributed by atoms with Crippen LogP contribution >= 0.6 is 0 Å². The zero-order valence-electron chi connectivity index (χ0n) is 18.0. The van der Waals surface area contributed by atoms with E-state index in [2.05, 4.69) is 58.5 Å².